The van der Waals surface area contributed by atoms with Gasteiger partial charge in [0, 0.05) is 24.8 Å². The number of carboxylic acid groups (broad SMARTS) is 1. The van der Waals surface area contributed by atoms with Gasteiger partial charge < -0.3 is 24.2 Å². The van der Waals surface area contributed by atoms with Crippen LogP contribution in [-0.2, 0) is 14.4 Å². The summed E-state index contributed by atoms with van der Waals surface area (Å²) in [7, 11) is 0. The van der Waals surface area contributed by atoms with Crippen molar-refractivity contribution in [2.75, 3.05) is 19.8 Å². The van der Waals surface area contributed by atoms with Gasteiger partial charge in [-0.2, -0.15) is 0 Å². The zero-order chi connectivity index (χ0) is 20.2. The Morgan fingerprint density at radius 3 is 2.79 bits per heavy atom. The largest absolute Gasteiger partial charge is 0.573 e. The molecule has 28 heavy (non-hydrogen) atoms. The molecule has 1 saturated heterocycles. The Morgan fingerprint density at radius 2 is 2.11 bits per heavy atom. The molecule has 0 saturated carbocycles. The molecule has 154 valence electrons. The van der Waals surface area contributed by atoms with Crippen LogP contribution in [0.1, 0.15) is 37.7 Å². The monoisotopic (exact) mass is 403 g/mol. The van der Waals surface area contributed by atoms with Crippen molar-refractivity contribution in [3.63, 3.8) is 0 Å². The summed E-state index contributed by atoms with van der Waals surface area (Å²) in [5, 5.41) is 12.7. The molecule has 0 aliphatic carbocycles. The fourth-order valence-corrected chi connectivity index (χ4v) is 3.05. The lowest BCUT2D eigenvalue weighted by Crippen LogP contribution is -2.29. The molecule has 0 aromatic heterocycles. The number of oxime groups is 1. The Morgan fingerprint density at radius 1 is 1.29 bits per heavy atom. The number of halogens is 3. The van der Waals surface area contributed by atoms with Crippen LogP contribution in [0.5, 0.6) is 11.5 Å². The fourth-order valence-electron chi connectivity index (χ4n) is 3.05. The van der Waals surface area contributed by atoms with E-state index in [-0.39, 0.29) is 18.8 Å². The molecule has 1 atom stereocenters. The van der Waals surface area contributed by atoms with Gasteiger partial charge in [-0.05, 0) is 31.0 Å². The van der Waals surface area contributed by atoms with Gasteiger partial charge in [-0.15, -0.1) is 13.2 Å². The van der Waals surface area contributed by atoms with E-state index in [1.165, 1.54) is 18.2 Å². The average Bonchev–Trinajstić information content (AvgIpc) is 3.24. The summed E-state index contributed by atoms with van der Waals surface area (Å²) in [5.41, 5.74) is 0.660. The van der Waals surface area contributed by atoms with Gasteiger partial charge in [0.2, 0.25) is 0 Å². The highest BCUT2D eigenvalue weighted by molar-refractivity contribution is 6.02. The number of rotatable bonds is 8. The molecule has 1 unspecified atom stereocenters. The second-order valence-corrected chi connectivity index (χ2v) is 6.70. The Labute approximate surface area is 159 Å². The molecular formula is C18H20F3NO6. The molecule has 1 aromatic rings. The molecule has 1 fully saturated rings. The van der Waals surface area contributed by atoms with E-state index in [0.717, 1.165) is 0 Å². The molecule has 2 aliphatic rings. The molecule has 2 aliphatic heterocycles. The minimum absolute atomic E-state index is 0.0341. The number of unbranched alkanes of at least 4 members (excludes halogenated alkanes) is 1. The second-order valence-electron chi connectivity index (χ2n) is 6.70. The maximum Gasteiger partial charge on any atom is 0.573 e. The van der Waals surface area contributed by atoms with E-state index < -0.39 is 23.7 Å². The summed E-state index contributed by atoms with van der Waals surface area (Å²) in [5.74, 6) is -1.49. The first-order chi connectivity index (χ1) is 13.3. The van der Waals surface area contributed by atoms with Crippen molar-refractivity contribution in [1.82, 2.24) is 0 Å². The normalized spacial score (nSPS) is 21.5. The lowest BCUT2D eigenvalue weighted by molar-refractivity contribution is -0.275. The summed E-state index contributed by atoms with van der Waals surface area (Å²) in [6, 6.07) is 4.07. The van der Waals surface area contributed by atoms with Gasteiger partial charge in [-0.1, -0.05) is 5.16 Å². The highest BCUT2D eigenvalue weighted by Crippen LogP contribution is 2.37. The molecule has 2 heterocycles. The molecule has 0 amide bonds. The van der Waals surface area contributed by atoms with Crippen molar-refractivity contribution in [2.45, 2.75) is 44.1 Å². The molecule has 0 radical (unpaired) electrons. The number of aliphatic carboxylic acids is 1. The van der Waals surface area contributed by atoms with Gasteiger partial charge in [-0.25, -0.2) is 0 Å². The van der Waals surface area contributed by atoms with Gasteiger partial charge in [0.05, 0.1) is 25.5 Å². The van der Waals surface area contributed by atoms with Crippen LogP contribution >= 0.6 is 0 Å². The Bertz CT molecular complexity index is 743. The lowest BCUT2D eigenvalue weighted by Gasteiger charge is -2.17. The number of carbonyl (C=O) groups is 1. The zero-order valence-corrected chi connectivity index (χ0v) is 15.0. The average molecular weight is 403 g/mol. The number of carboxylic acids is 1. The molecule has 3 rings (SSSR count). The van der Waals surface area contributed by atoms with Crippen molar-refractivity contribution >= 4 is 11.7 Å². The summed E-state index contributed by atoms with van der Waals surface area (Å²) in [4.78, 5) is 16.0. The molecule has 10 heteroatoms. The van der Waals surface area contributed by atoms with Gasteiger partial charge in [0.1, 0.15) is 0 Å². The van der Waals surface area contributed by atoms with E-state index >= 15 is 0 Å². The van der Waals surface area contributed by atoms with E-state index in [2.05, 4.69) is 9.89 Å². The van der Waals surface area contributed by atoms with Gasteiger partial charge in [-0.3, -0.25) is 4.79 Å². The third kappa shape index (κ3) is 5.28. The van der Waals surface area contributed by atoms with Crippen molar-refractivity contribution in [2.24, 2.45) is 5.16 Å². The van der Waals surface area contributed by atoms with Crippen molar-refractivity contribution < 1.29 is 42.1 Å². The summed E-state index contributed by atoms with van der Waals surface area (Å²) in [6.45, 7) is 1.06. The first-order valence-corrected chi connectivity index (χ1v) is 8.84. The smallest absolute Gasteiger partial charge is 0.490 e. The number of hydrogen-bond donors (Lipinski definition) is 1. The molecule has 7 nitrogen and oxygen atoms in total. The van der Waals surface area contributed by atoms with Crippen LogP contribution < -0.4 is 9.47 Å². The van der Waals surface area contributed by atoms with Crippen LogP contribution in [0.2, 0.25) is 0 Å². The number of hydrogen-bond acceptors (Lipinski definition) is 6. The van der Waals surface area contributed by atoms with E-state index in [9.17, 15) is 18.0 Å². The molecule has 0 bridgehead atoms. The van der Waals surface area contributed by atoms with Crippen LogP contribution in [0, 0.1) is 0 Å². The van der Waals surface area contributed by atoms with E-state index in [1.54, 1.807) is 0 Å². The number of ether oxygens (including phenoxy) is 3. The summed E-state index contributed by atoms with van der Waals surface area (Å²) < 4.78 is 52.8. The number of nitrogens with zero attached hydrogens (tertiary/aromatic N) is 1. The minimum Gasteiger partial charge on any atom is -0.490 e. The van der Waals surface area contributed by atoms with Crippen LogP contribution in [-0.4, -0.2) is 48.6 Å². The number of alkyl halides is 3. The van der Waals surface area contributed by atoms with Gasteiger partial charge in [0.15, 0.2) is 17.1 Å². The quantitative estimate of drug-likeness (QED) is 0.669. The highest BCUT2D eigenvalue weighted by Gasteiger charge is 2.43. The molecule has 1 N–H and O–H groups in total. The summed E-state index contributed by atoms with van der Waals surface area (Å²) >= 11 is 0. The van der Waals surface area contributed by atoms with Crippen molar-refractivity contribution in [3.05, 3.63) is 23.8 Å². The first kappa shape index (κ1) is 20.2. The lowest BCUT2D eigenvalue weighted by atomic mass is 9.93. The van der Waals surface area contributed by atoms with Crippen LogP contribution in [0.15, 0.2) is 23.4 Å². The SMILES string of the molecule is O=C(O)CCCCOc1cc(C2=NOC3(CCOC3)C2)ccc1OC(F)(F)F. The number of benzene rings is 1. The predicted octanol–water partition coefficient (Wildman–Crippen LogP) is 3.50. The standard InChI is InChI=1S/C18H20F3NO6/c19-18(20,21)27-14-5-4-12(9-15(14)26-7-2-1-3-16(23)24)13-10-17(28-22-13)6-8-25-11-17/h4-5,9H,1-3,6-8,10-11H2,(H,23,24). The van der Waals surface area contributed by atoms with Gasteiger partial charge in [0.25, 0.3) is 0 Å². The molecular weight excluding hydrogens is 383 g/mol. The third-order valence-corrected chi connectivity index (χ3v) is 4.45. The van der Waals surface area contributed by atoms with Crippen LogP contribution in [0.3, 0.4) is 0 Å². The van der Waals surface area contributed by atoms with Crippen molar-refractivity contribution in [3.8, 4) is 11.5 Å². The Kier molecular flexibility index (Phi) is 5.97. The van der Waals surface area contributed by atoms with E-state index in [1.807, 2.05) is 0 Å². The molecule has 1 aromatic carbocycles. The Balaban J connectivity index is 1.71. The predicted molar refractivity (Wildman–Crippen MR) is 90.5 cm³/mol. The fraction of sp³-hybridized carbons (Fsp3) is 0.556. The summed E-state index contributed by atoms with van der Waals surface area (Å²) in [6.07, 6.45) is -2.97. The first-order valence-electron chi connectivity index (χ1n) is 8.84. The maximum absolute atomic E-state index is 12.7. The minimum atomic E-state index is -4.86. The van der Waals surface area contributed by atoms with E-state index in [4.69, 9.17) is 19.4 Å². The topological polar surface area (TPSA) is 86.6 Å². The Hall–Kier alpha value is -2.49. The second kappa shape index (κ2) is 8.26. The van der Waals surface area contributed by atoms with Crippen molar-refractivity contribution in [1.29, 1.82) is 0 Å². The van der Waals surface area contributed by atoms with E-state index in [0.29, 0.717) is 50.2 Å². The highest BCUT2D eigenvalue weighted by atomic mass is 19.4. The van der Waals surface area contributed by atoms with Gasteiger partial charge >= 0.3 is 12.3 Å². The van der Waals surface area contributed by atoms with Crippen LogP contribution in [0.4, 0.5) is 13.2 Å². The maximum atomic E-state index is 12.7. The zero-order valence-electron chi connectivity index (χ0n) is 15.0. The molecule has 1 spiro atoms. The third-order valence-electron chi connectivity index (χ3n) is 4.45. The van der Waals surface area contributed by atoms with Crippen LogP contribution in [0.25, 0.3) is 0 Å².